The van der Waals surface area contributed by atoms with Crippen LogP contribution in [0, 0.1) is 0 Å². The van der Waals surface area contributed by atoms with Crippen molar-refractivity contribution in [3.8, 4) is 0 Å². The fraction of sp³-hybridized carbons (Fsp3) is 0.607. The van der Waals surface area contributed by atoms with Crippen LogP contribution in [0.4, 0.5) is 0 Å². The Kier molecular flexibility index (Phi) is 9.52. The van der Waals surface area contributed by atoms with Gasteiger partial charge < -0.3 is 29.2 Å². The Bertz CT molecular complexity index is 844. The van der Waals surface area contributed by atoms with E-state index in [-0.39, 0.29) is 30.5 Å². The lowest BCUT2D eigenvalue weighted by atomic mass is 9.97. The largest absolute Gasteiger partial charge is 0.456 e. The molecule has 0 amide bonds. The first-order chi connectivity index (χ1) is 17.0. The van der Waals surface area contributed by atoms with Gasteiger partial charge in [-0.2, -0.15) is 0 Å². The van der Waals surface area contributed by atoms with Crippen molar-refractivity contribution in [3.05, 3.63) is 60.8 Å². The molecule has 7 nitrogen and oxygen atoms in total. The summed E-state index contributed by atoms with van der Waals surface area (Å²) in [5.41, 5.74) is 0.992. The molecule has 0 aliphatic carbocycles. The number of epoxide rings is 1. The predicted molar refractivity (Wildman–Crippen MR) is 132 cm³/mol. The van der Waals surface area contributed by atoms with Crippen LogP contribution in [0.3, 0.4) is 0 Å². The molecule has 2 N–H and O–H groups in total. The van der Waals surface area contributed by atoms with Gasteiger partial charge in [-0.1, -0.05) is 54.7 Å². The van der Waals surface area contributed by atoms with Crippen LogP contribution in [0.1, 0.15) is 51.4 Å². The van der Waals surface area contributed by atoms with E-state index in [9.17, 15) is 15.0 Å². The first-order valence-electron chi connectivity index (χ1n) is 12.8. The Morgan fingerprint density at radius 1 is 1.11 bits per heavy atom. The van der Waals surface area contributed by atoms with Crippen molar-refractivity contribution in [1.82, 2.24) is 0 Å². The molecule has 0 spiro atoms. The summed E-state index contributed by atoms with van der Waals surface area (Å²) in [6.07, 6.45) is 17.2. The summed E-state index contributed by atoms with van der Waals surface area (Å²) in [4.78, 5) is 12.6. The van der Waals surface area contributed by atoms with Crippen molar-refractivity contribution in [2.24, 2.45) is 0 Å². The number of carbonyl (C=O) groups is 1. The highest BCUT2D eigenvalue weighted by molar-refractivity contribution is 5.82. The molecule has 5 unspecified atom stereocenters. The van der Waals surface area contributed by atoms with Gasteiger partial charge in [0.2, 0.25) is 0 Å². The van der Waals surface area contributed by atoms with Gasteiger partial charge in [0.05, 0.1) is 37.1 Å². The van der Waals surface area contributed by atoms with Crippen molar-refractivity contribution >= 4 is 5.97 Å². The van der Waals surface area contributed by atoms with Gasteiger partial charge in [-0.15, -0.1) is 0 Å². The zero-order valence-corrected chi connectivity index (χ0v) is 20.2. The molecule has 4 heterocycles. The molecular formula is C28H38O7. The minimum absolute atomic E-state index is 0.0730. The molecule has 0 saturated carbocycles. The molecular weight excluding hydrogens is 448 g/mol. The van der Waals surface area contributed by atoms with Crippen molar-refractivity contribution in [3.63, 3.8) is 0 Å². The predicted octanol–water partition coefficient (Wildman–Crippen LogP) is 3.47. The molecule has 4 aliphatic rings. The third kappa shape index (κ3) is 8.26. The van der Waals surface area contributed by atoms with E-state index in [1.54, 1.807) is 18.2 Å². The van der Waals surface area contributed by atoms with Crippen LogP contribution in [0.15, 0.2) is 60.8 Å². The SMILES string of the molecule is C=C1CCC[C@@H]2CC=CC(C/C=C\C(=O)OC(C(O)/C=C/C3CC=CCO3)C[C@@H]3OC3[C@@H](O)C1)O2. The molecule has 35 heavy (non-hydrogen) atoms. The summed E-state index contributed by atoms with van der Waals surface area (Å²) < 4.78 is 23.1. The van der Waals surface area contributed by atoms with Crippen molar-refractivity contribution in [1.29, 1.82) is 0 Å². The summed E-state index contributed by atoms with van der Waals surface area (Å²) in [5.74, 6) is -0.525. The molecule has 0 aromatic heterocycles. The monoisotopic (exact) mass is 486 g/mol. The number of aliphatic hydroxyl groups is 2. The topological polar surface area (TPSA) is 97.8 Å². The Balaban J connectivity index is 1.42. The smallest absolute Gasteiger partial charge is 0.330 e. The highest BCUT2D eigenvalue weighted by Crippen LogP contribution is 2.34. The number of carbonyl (C=O) groups excluding carboxylic acids is 1. The highest BCUT2D eigenvalue weighted by atomic mass is 16.6. The van der Waals surface area contributed by atoms with Crippen LogP contribution in [0.25, 0.3) is 0 Å². The highest BCUT2D eigenvalue weighted by Gasteiger charge is 2.46. The first-order valence-corrected chi connectivity index (χ1v) is 12.8. The van der Waals surface area contributed by atoms with E-state index in [1.807, 2.05) is 18.2 Å². The third-order valence-electron chi connectivity index (χ3n) is 6.87. The quantitative estimate of drug-likeness (QED) is 0.358. The van der Waals surface area contributed by atoms with Crippen LogP contribution in [0.2, 0.25) is 0 Å². The number of cyclic esters (lactones) is 1. The second-order valence-corrected chi connectivity index (χ2v) is 9.82. The number of ether oxygens (including phenoxy) is 4. The van der Waals surface area contributed by atoms with E-state index in [0.29, 0.717) is 25.9 Å². The number of fused-ring (bicyclic) bond motifs is 3. The van der Waals surface area contributed by atoms with Gasteiger partial charge in [0.25, 0.3) is 0 Å². The van der Waals surface area contributed by atoms with E-state index >= 15 is 0 Å². The molecule has 1 saturated heterocycles. The summed E-state index contributed by atoms with van der Waals surface area (Å²) in [6, 6.07) is 0. The van der Waals surface area contributed by atoms with E-state index in [2.05, 4.69) is 12.7 Å². The zero-order chi connectivity index (χ0) is 24.6. The van der Waals surface area contributed by atoms with Crippen molar-refractivity contribution < 1.29 is 34.0 Å². The van der Waals surface area contributed by atoms with Gasteiger partial charge in [-0.05, 0) is 44.9 Å². The lowest BCUT2D eigenvalue weighted by Crippen LogP contribution is -2.32. The Labute approximate surface area is 207 Å². The van der Waals surface area contributed by atoms with Crippen molar-refractivity contribution in [2.75, 3.05) is 6.61 Å². The Hall–Kier alpha value is -2.03. The minimum Gasteiger partial charge on any atom is -0.456 e. The van der Waals surface area contributed by atoms with E-state index in [4.69, 9.17) is 18.9 Å². The van der Waals surface area contributed by atoms with E-state index in [1.165, 1.54) is 6.08 Å². The van der Waals surface area contributed by atoms with Crippen LogP contribution in [-0.4, -0.2) is 71.6 Å². The first kappa shape index (κ1) is 26.0. The van der Waals surface area contributed by atoms with Crippen LogP contribution in [0.5, 0.6) is 0 Å². The molecule has 0 radical (unpaired) electrons. The average Bonchev–Trinajstić information content (AvgIpc) is 3.62. The maximum atomic E-state index is 12.6. The Morgan fingerprint density at radius 2 is 2.00 bits per heavy atom. The third-order valence-corrected chi connectivity index (χ3v) is 6.87. The van der Waals surface area contributed by atoms with Crippen molar-refractivity contribution in [2.45, 2.75) is 100 Å². The van der Waals surface area contributed by atoms with Gasteiger partial charge in [0.1, 0.15) is 18.3 Å². The number of hydrogen-bond donors (Lipinski definition) is 2. The van der Waals surface area contributed by atoms with Gasteiger partial charge in [0.15, 0.2) is 0 Å². The van der Waals surface area contributed by atoms with E-state index in [0.717, 1.165) is 37.7 Å². The molecule has 4 aliphatic heterocycles. The normalized spacial score (nSPS) is 38.7. The zero-order valence-electron chi connectivity index (χ0n) is 20.2. The minimum atomic E-state index is -1.02. The molecule has 2 bridgehead atoms. The second-order valence-electron chi connectivity index (χ2n) is 9.82. The molecule has 0 aromatic rings. The van der Waals surface area contributed by atoms with Gasteiger partial charge >= 0.3 is 5.97 Å². The molecule has 1 fully saturated rings. The maximum Gasteiger partial charge on any atom is 0.330 e. The molecule has 7 heteroatoms. The average molecular weight is 487 g/mol. The van der Waals surface area contributed by atoms with Gasteiger partial charge in [-0.25, -0.2) is 4.79 Å². The molecule has 4 rings (SSSR count). The molecule has 0 aromatic carbocycles. The summed E-state index contributed by atoms with van der Waals surface area (Å²) in [6.45, 7) is 4.67. The van der Waals surface area contributed by atoms with Crippen LogP contribution >= 0.6 is 0 Å². The number of aliphatic hydroxyl groups excluding tert-OH is 2. The number of rotatable bonds is 3. The number of hydrogen-bond acceptors (Lipinski definition) is 7. The standard InChI is InChI=1S/C28H38O7/c1-19-7-4-9-21-10-5-11-22(33-21)12-6-13-27(31)34-25(18-26-28(35-26)24(30)17-19)23(29)15-14-20-8-2-3-16-32-20/h2-3,5-6,11,13-15,20-26,28-30H,1,4,7-10,12,16-18H2/b13-6-,15-14+/t20?,21-,22?,23?,24+,25?,26+,28?/m1/s1. The van der Waals surface area contributed by atoms with Gasteiger partial charge in [-0.3, -0.25) is 0 Å². The summed E-state index contributed by atoms with van der Waals surface area (Å²) >= 11 is 0. The fourth-order valence-electron chi connectivity index (χ4n) is 4.84. The van der Waals surface area contributed by atoms with Crippen LogP contribution in [-0.2, 0) is 23.7 Å². The van der Waals surface area contributed by atoms with E-state index < -0.39 is 24.3 Å². The van der Waals surface area contributed by atoms with Gasteiger partial charge in [0, 0.05) is 12.5 Å². The number of esters is 1. The lowest BCUT2D eigenvalue weighted by Gasteiger charge is -2.25. The summed E-state index contributed by atoms with van der Waals surface area (Å²) in [5, 5.41) is 21.5. The molecule has 192 valence electrons. The second kappa shape index (κ2) is 12.8. The molecule has 8 atom stereocenters. The maximum absolute atomic E-state index is 12.6. The van der Waals surface area contributed by atoms with Crippen LogP contribution < -0.4 is 0 Å². The lowest BCUT2D eigenvalue weighted by molar-refractivity contribution is -0.148. The fourth-order valence-corrected chi connectivity index (χ4v) is 4.84. The Morgan fingerprint density at radius 3 is 2.83 bits per heavy atom. The summed E-state index contributed by atoms with van der Waals surface area (Å²) in [7, 11) is 0.